The summed E-state index contributed by atoms with van der Waals surface area (Å²) in [6.45, 7) is 4.00. The number of nitrogens with two attached hydrogens (primary N) is 1. The van der Waals surface area contributed by atoms with Crippen molar-refractivity contribution in [3.63, 3.8) is 0 Å². The lowest BCUT2D eigenvalue weighted by Crippen LogP contribution is -2.52. The first kappa shape index (κ1) is 21.2. The number of hydrogen-bond donors (Lipinski definition) is 2. The Kier molecular flexibility index (Phi) is 7.13. The summed E-state index contributed by atoms with van der Waals surface area (Å²) >= 11 is 1.78. The SMILES string of the molecule is CC.NC1(C(=O)Nc2ccc(SCc3ccccc3)cc2)Cc2ccccc2C1. The van der Waals surface area contributed by atoms with E-state index >= 15 is 0 Å². The molecule has 3 N–H and O–H groups in total. The van der Waals surface area contributed by atoms with Gasteiger partial charge in [0, 0.05) is 16.3 Å². The Morgan fingerprint density at radius 1 is 0.897 bits per heavy atom. The molecule has 29 heavy (non-hydrogen) atoms. The van der Waals surface area contributed by atoms with Crippen LogP contribution in [0.25, 0.3) is 0 Å². The number of fused-ring (bicyclic) bond motifs is 1. The topological polar surface area (TPSA) is 55.1 Å². The third-order valence-corrected chi connectivity index (χ3v) is 6.03. The monoisotopic (exact) mass is 404 g/mol. The number of thioether (sulfide) groups is 1. The van der Waals surface area contributed by atoms with Gasteiger partial charge in [0.1, 0.15) is 5.54 Å². The number of carbonyl (C=O) groups is 1. The van der Waals surface area contributed by atoms with Gasteiger partial charge in [-0.3, -0.25) is 4.79 Å². The molecular weight excluding hydrogens is 376 g/mol. The Labute approximate surface area is 177 Å². The van der Waals surface area contributed by atoms with E-state index in [1.807, 2.05) is 56.3 Å². The van der Waals surface area contributed by atoms with E-state index in [4.69, 9.17) is 5.73 Å². The van der Waals surface area contributed by atoms with Crippen molar-refractivity contribution in [1.82, 2.24) is 0 Å². The molecule has 0 fully saturated rings. The van der Waals surface area contributed by atoms with Gasteiger partial charge in [-0.2, -0.15) is 0 Å². The quantitative estimate of drug-likeness (QED) is 0.557. The number of rotatable bonds is 5. The third-order valence-electron chi connectivity index (χ3n) is 4.94. The zero-order valence-corrected chi connectivity index (χ0v) is 17.8. The molecule has 1 aliphatic rings. The number of benzene rings is 3. The largest absolute Gasteiger partial charge is 0.324 e. The van der Waals surface area contributed by atoms with Crippen LogP contribution in [-0.4, -0.2) is 11.4 Å². The Balaban J connectivity index is 0.00000117. The molecule has 0 heterocycles. The highest BCUT2D eigenvalue weighted by Crippen LogP contribution is 2.30. The van der Waals surface area contributed by atoms with E-state index in [0.29, 0.717) is 12.8 Å². The fraction of sp³-hybridized carbons (Fsp3) is 0.240. The second-order valence-corrected chi connectivity index (χ2v) is 8.08. The molecule has 4 rings (SSSR count). The van der Waals surface area contributed by atoms with Crippen LogP contribution in [-0.2, 0) is 23.4 Å². The van der Waals surface area contributed by atoms with Crippen LogP contribution >= 0.6 is 11.8 Å². The molecule has 1 aliphatic carbocycles. The van der Waals surface area contributed by atoms with E-state index < -0.39 is 5.54 Å². The smallest absolute Gasteiger partial charge is 0.245 e. The molecule has 3 aromatic rings. The van der Waals surface area contributed by atoms with Crippen molar-refractivity contribution < 1.29 is 4.79 Å². The zero-order chi connectivity index (χ0) is 20.7. The Hall–Kier alpha value is -2.56. The molecule has 3 nitrogen and oxygen atoms in total. The van der Waals surface area contributed by atoms with Crippen LogP contribution in [0.2, 0.25) is 0 Å². The molecule has 0 atom stereocenters. The molecule has 0 aromatic heterocycles. The Morgan fingerprint density at radius 2 is 1.45 bits per heavy atom. The number of hydrogen-bond acceptors (Lipinski definition) is 3. The normalized spacial score (nSPS) is 13.8. The minimum Gasteiger partial charge on any atom is -0.324 e. The summed E-state index contributed by atoms with van der Waals surface area (Å²) in [7, 11) is 0. The van der Waals surface area contributed by atoms with Crippen LogP contribution in [0.4, 0.5) is 5.69 Å². The van der Waals surface area contributed by atoms with Gasteiger partial charge < -0.3 is 11.1 Å². The van der Waals surface area contributed by atoms with Gasteiger partial charge >= 0.3 is 0 Å². The molecule has 0 spiro atoms. The van der Waals surface area contributed by atoms with Crippen molar-refractivity contribution >= 4 is 23.4 Å². The minimum atomic E-state index is -0.871. The van der Waals surface area contributed by atoms with Crippen LogP contribution in [0.3, 0.4) is 0 Å². The van der Waals surface area contributed by atoms with Crippen molar-refractivity contribution in [2.24, 2.45) is 5.73 Å². The molecule has 1 amide bonds. The molecule has 0 radical (unpaired) electrons. The molecule has 4 heteroatoms. The van der Waals surface area contributed by atoms with E-state index in [9.17, 15) is 4.79 Å². The lowest BCUT2D eigenvalue weighted by Gasteiger charge is -2.22. The molecular formula is C25H28N2OS. The van der Waals surface area contributed by atoms with E-state index in [0.717, 1.165) is 11.4 Å². The molecule has 150 valence electrons. The summed E-state index contributed by atoms with van der Waals surface area (Å²) in [5.41, 5.74) is 9.97. The number of carbonyl (C=O) groups excluding carboxylic acids is 1. The number of nitrogens with one attached hydrogen (secondary N) is 1. The molecule has 0 saturated heterocycles. The van der Waals surface area contributed by atoms with Crippen molar-refractivity contribution in [1.29, 1.82) is 0 Å². The van der Waals surface area contributed by atoms with Gasteiger partial charge in [-0.05, 0) is 53.8 Å². The van der Waals surface area contributed by atoms with Gasteiger partial charge in [-0.1, -0.05) is 68.4 Å². The van der Waals surface area contributed by atoms with Gasteiger partial charge in [0.15, 0.2) is 0 Å². The van der Waals surface area contributed by atoms with Crippen LogP contribution in [0.1, 0.15) is 30.5 Å². The summed E-state index contributed by atoms with van der Waals surface area (Å²) < 4.78 is 0. The van der Waals surface area contributed by atoms with Crippen molar-refractivity contribution in [2.75, 3.05) is 5.32 Å². The first-order chi connectivity index (χ1) is 14.1. The summed E-state index contributed by atoms with van der Waals surface area (Å²) in [5.74, 6) is 0.805. The first-order valence-corrected chi connectivity index (χ1v) is 11.0. The van der Waals surface area contributed by atoms with Crippen molar-refractivity contribution in [3.8, 4) is 0 Å². The summed E-state index contributed by atoms with van der Waals surface area (Å²) in [4.78, 5) is 13.9. The number of anilines is 1. The zero-order valence-electron chi connectivity index (χ0n) is 17.0. The van der Waals surface area contributed by atoms with E-state index in [1.54, 1.807) is 11.8 Å². The Bertz CT molecular complexity index is 914. The Morgan fingerprint density at radius 3 is 2.03 bits per heavy atom. The standard InChI is InChI=1S/C23H22N2OS.C2H6/c24-23(14-18-8-4-5-9-19(18)15-23)22(26)25-20-10-12-21(13-11-20)27-16-17-6-2-1-3-7-17;1-2/h1-13H,14-16,24H2,(H,25,26);1-2H3. The van der Waals surface area contributed by atoms with Crippen LogP contribution < -0.4 is 11.1 Å². The van der Waals surface area contributed by atoms with Gasteiger partial charge in [0.05, 0.1) is 0 Å². The predicted octanol–water partition coefficient (Wildman–Crippen LogP) is 5.44. The molecule has 3 aromatic carbocycles. The summed E-state index contributed by atoms with van der Waals surface area (Å²) in [5, 5.41) is 2.99. The lowest BCUT2D eigenvalue weighted by molar-refractivity contribution is -0.120. The highest BCUT2D eigenvalue weighted by Gasteiger charge is 2.40. The third kappa shape index (κ3) is 5.28. The first-order valence-electron chi connectivity index (χ1n) is 10.1. The molecule has 0 saturated carbocycles. The van der Waals surface area contributed by atoms with Gasteiger partial charge in [-0.15, -0.1) is 11.8 Å². The highest BCUT2D eigenvalue weighted by atomic mass is 32.2. The second-order valence-electron chi connectivity index (χ2n) is 7.03. The average molecular weight is 405 g/mol. The number of amides is 1. The fourth-order valence-electron chi connectivity index (χ4n) is 3.44. The molecule has 0 bridgehead atoms. The van der Waals surface area contributed by atoms with E-state index in [1.165, 1.54) is 21.6 Å². The maximum Gasteiger partial charge on any atom is 0.245 e. The lowest BCUT2D eigenvalue weighted by atomic mass is 9.96. The second kappa shape index (κ2) is 9.77. The predicted molar refractivity (Wildman–Crippen MR) is 123 cm³/mol. The maximum absolute atomic E-state index is 12.8. The van der Waals surface area contributed by atoms with Gasteiger partial charge in [0.2, 0.25) is 5.91 Å². The maximum atomic E-state index is 12.8. The minimum absolute atomic E-state index is 0.122. The van der Waals surface area contributed by atoms with Crippen molar-refractivity contribution in [3.05, 3.63) is 95.6 Å². The van der Waals surface area contributed by atoms with E-state index in [2.05, 4.69) is 41.7 Å². The average Bonchev–Trinajstić information content (AvgIpc) is 3.13. The van der Waals surface area contributed by atoms with Crippen LogP contribution in [0.5, 0.6) is 0 Å². The van der Waals surface area contributed by atoms with Gasteiger partial charge in [0.25, 0.3) is 0 Å². The fourth-order valence-corrected chi connectivity index (χ4v) is 4.29. The van der Waals surface area contributed by atoms with Crippen molar-refractivity contribution in [2.45, 2.75) is 42.9 Å². The summed E-state index contributed by atoms with van der Waals surface area (Å²) in [6.07, 6.45) is 1.17. The molecule has 0 unspecified atom stereocenters. The van der Waals surface area contributed by atoms with Crippen LogP contribution in [0, 0.1) is 0 Å². The molecule has 0 aliphatic heterocycles. The summed E-state index contributed by atoms with van der Waals surface area (Å²) in [6, 6.07) is 26.4. The van der Waals surface area contributed by atoms with Gasteiger partial charge in [-0.25, -0.2) is 0 Å². The van der Waals surface area contributed by atoms with Crippen LogP contribution in [0.15, 0.2) is 83.8 Å². The van der Waals surface area contributed by atoms with E-state index in [-0.39, 0.29) is 5.91 Å². The highest BCUT2D eigenvalue weighted by molar-refractivity contribution is 7.98.